The highest BCUT2D eigenvalue weighted by Crippen LogP contribution is 2.23. The summed E-state index contributed by atoms with van der Waals surface area (Å²) in [5, 5.41) is 3.24. The maximum absolute atomic E-state index is 11.6. The molecule has 100 valence electrons. The molecule has 3 N–H and O–H groups in total. The van der Waals surface area contributed by atoms with Crippen molar-refractivity contribution in [1.82, 2.24) is 5.32 Å². The molecule has 1 unspecified atom stereocenters. The average molecular weight is 271 g/mol. The number of alkyl carbamates (subject to hydrolysis) is 1. The SMILES string of the molecule is CC(NC(=O)OC(C)(C)C)c1ccc(Cl)c(N)c1. The van der Waals surface area contributed by atoms with Crippen LogP contribution in [-0.2, 0) is 4.74 Å². The van der Waals surface area contributed by atoms with Crippen molar-refractivity contribution in [2.45, 2.75) is 39.3 Å². The van der Waals surface area contributed by atoms with Gasteiger partial charge in [-0.3, -0.25) is 0 Å². The second-order valence-corrected chi connectivity index (χ2v) is 5.56. The highest BCUT2D eigenvalue weighted by atomic mass is 35.5. The number of rotatable bonds is 2. The fourth-order valence-corrected chi connectivity index (χ4v) is 1.52. The van der Waals surface area contributed by atoms with E-state index in [1.807, 2.05) is 33.8 Å². The fraction of sp³-hybridized carbons (Fsp3) is 0.462. The molecule has 0 aliphatic rings. The van der Waals surface area contributed by atoms with Gasteiger partial charge in [0.15, 0.2) is 0 Å². The Bertz CT molecular complexity index is 441. The number of hydrogen-bond donors (Lipinski definition) is 2. The molecule has 1 aromatic carbocycles. The molecular weight excluding hydrogens is 252 g/mol. The fourth-order valence-electron chi connectivity index (χ4n) is 1.40. The van der Waals surface area contributed by atoms with E-state index in [1.165, 1.54) is 0 Å². The number of nitrogen functional groups attached to an aromatic ring is 1. The molecule has 5 heteroatoms. The van der Waals surface area contributed by atoms with Gasteiger partial charge in [-0.25, -0.2) is 4.79 Å². The van der Waals surface area contributed by atoms with E-state index in [-0.39, 0.29) is 6.04 Å². The Morgan fingerprint density at radius 1 is 1.44 bits per heavy atom. The predicted octanol–water partition coefficient (Wildman–Crippen LogP) is 3.51. The molecule has 1 rings (SSSR count). The van der Waals surface area contributed by atoms with Gasteiger partial charge in [0.05, 0.1) is 16.8 Å². The van der Waals surface area contributed by atoms with E-state index in [0.717, 1.165) is 5.56 Å². The van der Waals surface area contributed by atoms with Crippen LogP contribution in [0.1, 0.15) is 39.3 Å². The molecule has 1 aromatic rings. The molecular formula is C13H19ClN2O2. The number of carbonyl (C=O) groups excluding carboxylic acids is 1. The van der Waals surface area contributed by atoms with Gasteiger partial charge in [0.2, 0.25) is 0 Å². The molecule has 0 aromatic heterocycles. The van der Waals surface area contributed by atoms with E-state index < -0.39 is 11.7 Å². The Morgan fingerprint density at radius 3 is 2.56 bits per heavy atom. The number of carbonyl (C=O) groups is 1. The first-order valence-corrected chi connectivity index (χ1v) is 6.11. The lowest BCUT2D eigenvalue weighted by Gasteiger charge is -2.22. The third kappa shape index (κ3) is 4.45. The molecule has 0 heterocycles. The molecule has 1 atom stereocenters. The first-order valence-electron chi connectivity index (χ1n) is 5.73. The summed E-state index contributed by atoms with van der Waals surface area (Å²) < 4.78 is 5.18. The Balaban J connectivity index is 2.68. The van der Waals surface area contributed by atoms with Crippen LogP contribution in [0.5, 0.6) is 0 Å². The highest BCUT2D eigenvalue weighted by Gasteiger charge is 2.18. The van der Waals surface area contributed by atoms with Crippen LogP contribution >= 0.6 is 11.6 Å². The van der Waals surface area contributed by atoms with E-state index in [1.54, 1.807) is 12.1 Å². The second kappa shape index (κ2) is 5.48. The molecule has 18 heavy (non-hydrogen) atoms. The zero-order valence-corrected chi connectivity index (χ0v) is 11.8. The Morgan fingerprint density at radius 2 is 2.06 bits per heavy atom. The van der Waals surface area contributed by atoms with Crippen LogP contribution in [0.4, 0.5) is 10.5 Å². The smallest absolute Gasteiger partial charge is 0.408 e. The third-order valence-electron chi connectivity index (χ3n) is 2.25. The average Bonchev–Trinajstić information content (AvgIpc) is 2.18. The van der Waals surface area contributed by atoms with Crippen molar-refractivity contribution in [3.8, 4) is 0 Å². The topological polar surface area (TPSA) is 64.3 Å². The van der Waals surface area contributed by atoms with Gasteiger partial charge in [-0.15, -0.1) is 0 Å². The molecule has 0 spiro atoms. The number of ether oxygens (including phenoxy) is 1. The summed E-state index contributed by atoms with van der Waals surface area (Å²) in [5.41, 5.74) is 6.57. The number of nitrogens with one attached hydrogen (secondary N) is 1. The van der Waals surface area contributed by atoms with E-state index >= 15 is 0 Å². The lowest BCUT2D eigenvalue weighted by Crippen LogP contribution is -2.34. The minimum atomic E-state index is -0.511. The molecule has 0 saturated heterocycles. The number of amides is 1. The Hall–Kier alpha value is -1.42. The normalized spacial score (nSPS) is 12.9. The lowest BCUT2D eigenvalue weighted by molar-refractivity contribution is 0.0508. The zero-order valence-electron chi connectivity index (χ0n) is 11.1. The summed E-state index contributed by atoms with van der Waals surface area (Å²) >= 11 is 5.84. The Kier molecular flexibility index (Phi) is 4.46. The third-order valence-corrected chi connectivity index (χ3v) is 2.60. The molecule has 4 nitrogen and oxygen atoms in total. The molecule has 0 saturated carbocycles. The van der Waals surface area contributed by atoms with Crippen molar-refractivity contribution in [2.75, 3.05) is 5.73 Å². The van der Waals surface area contributed by atoms with Crippen molar-refractivity contribution in [2.24, 2.45) is 0 Å². The van der Waals surface area contributed by atoms with Crippen LogP contribution in [0.25, 0.3) is 0 Å². The molecule has 1 amide bonds. The zero-order chi connectivity index (χ0) is 13.9. The van der Waals surface area contributed by atoms with Gasteiger partial charge in [0, 0.05) is 0 Å². The highest BCUT2D eigenvalue weighted by molar-refractivity contribution is 6.33. The van der Waals surface area contributed by atoms with Crippen LogP contribution in [0.2, 0.25) is 5.02 Å². The first kappa shape index (κ1) is 14.6. The molecule has 0 radical (unpaired) electrons. The number of halogens is 1. The molecule has 0 bridgehead atoms. The molecule has 0 aliphatic heterocycles. The van der Waals surface area contributed by atoms with E-state index in [2.05, 4.69) is 5.32 Å². The largest absolute Gasteiger partial charge is 0.444 e. The summed E-state index contributed by atoms with van der Waals surface area (Å²) in [6, 6.07) is 5.07. The Labute approximate surface area is 112 Å². The van der Waals surface area contributed by atoms with Crippen LogP contribution in [0.15, 0.2) is 18.2 Å². The van der Waals surface area contributed by atoms with Crippen LogP contribution < -0.4 is 11.1 Å². The van der Waals surface area contributed by atoms with Gasteiger partial charge in [-0.2, -0.15) is 0 Å². The minimum Gasteiger partial charge on any atom is -0.444 e. The number of nitrogens with two attached hydrogens (primary N) is 1. The van der Waals surface area contributed by atoms with Crippen molar-refractivity contribution in [3.63, 3.8) is 0 Å². The first-order chi connectivity index (χ1) is 8.19. The number of benzene rings is 1. The van der Waals surface area contributed by atoms with Crippen LogP contribution in [0.3, 0.4) is 0 Å². The maximum atomic E-state index is 11.6. The van der Waals surface area contributed by atoms with Gasteiger partial charge in [0.1, 0.15) is 5.60 Å². The van der Waals surface area contributed by atoms with Crippen molar-refractivity contribution in [1.29, 1.82) is 0 Å². The number of hydrogen-bond acceptors (Lipinski definition) is 3. The summed E-state index contributed by atoms with van der Waals surface area (Å²) in [6.45, 7) is 7.30. The summed E-state index contributed by atoms with van der Waals surface area (Å²) in [7, 11) is 0. The van der Waals surface area contributed by atoms with Crippen LogP contribution in [-0.4, -0.2) is 11.7 Å². The predicted molar refractivity (Wildman–Crippen MR) is 73.6 cm³/mol. The van der Waals surface area contributed by atoms with Crippen LogP contribution in [0, 0.1) is 0 Å². The summed E-state index contributed by atoms with van der Waals surface area (Å²) in [6.07, 6.45) is -0.455. The monoisotopic (exact) mass is 270 g/mol. The van der Waals surface area contributed by atoms with E-state index in [9.17, 15) is 4.79 Å². The van der Waals surface area contributed by atoms with Gasteiger partial charge < -0.3 is 15.8 Å². The van der Waals surface area contributed by atoms with E-state index in [4.69, 9.17) is 22.1 Å². The summed E-state index contributed by atoms with van der Waals surface area (Å²) in [4.78, 5) is 11.6. The molecule has 0 aliphatic carbocycles. The van der Waals surface area contributed by atoms with Gasteiger partial charge >= 0.3 is 6.09 Å². The minimum absolute atomic E-state index is 0.195. The standard InChI is InChI=1S/C13H19ClN2O2/c1-8(16-12(17)18-13(2,3)4)9-5-6-10(14)11(15)7-9/h5-8H,15H2,1-4H3,(H,16,17). The van der Waals surface area contributed by atoms with Crippen molar-refractivity contribution >= 4 is 23.4 Å². The summed E-state index contributed by atoms with van der Waals surface area (Å²) in [5.74, 6) is 0. The maximum Gasteiger partial charge on any atom is 0.408 e. The van der Waals surface area contributed by atoms with Crippen molar-refractivity contribution in [3.05, 3.63) is 28.8 Å². The quantitative estimate of drug-likeness (QED) is 0.809. The van der Waals surface area contributed by atoms with Gasteiger partial charge in [0.25, 0.3) is 0 Å². The second-order valence-electron chi connectivity index (χ2n) is 5.15. The van der Waals surface area contributed by atoms with Gasteiger partial charge in [-0.05, 0) is 45.4 Å². The van der Waals surface area contributed by atoms with Gasteiger partial charge in [-0.1, -0.05) is 17.7 Å². The van der Waals surface area contributed by atoms with E-state index in [0.29, 0.717) is 10.7 Å². The lowest BCUT2D eigenvalue weighted by atomic mass is 10.1. The molecule has 0 fully saturated rings. The number of anilines is 1. The van der Waals surface area contributed by atoms with Crippen molar-refractivity contribution < 1.29 is 9.53 Å².